The van der Waals surface area contributed by atoms with Gasteiger partial charge in [-0.2, -0.15) is 0 Å². The summed E-state index contributed by atoms with van der Waals surface area (Å²) in [5, 5.41) is 0. The Labute approximate surface area is 110 Å². The standard InChI is InChI=1S/C15H14N2O2/c1-3-4-9-16-10-11-17(15(19)14(16)18)13-8-6-5-7-12(13)2/h5-8,10-11H,9H2,1-2H3. The Morgan fingerprint density at radius 1 is 1.11 bits per heavy atom. The van der Waals surface area contributed by atoms with Gasteiger partial charge in [0.2, 0.25) is 0 Å². The summed E-state index contributed by atoms with van der Waals surface area (Å²) in [7, 11) is 0. The van der Waals surface area contributed by atoms with E-state index in [-0.39, 0.29) is 6.54 Å². The van der Waals surface area contributed by atoms with Crippen LogP contribution < -0.4 is 11.1 Å². The van der Waals surface area contributed by atoms with Gasteiger partial charge in [-0.15, -0.1) is 5.92 Å². The molecule has 1 heterocycles. The van der Waals surface area contributed by atoms with Crippen LogP contribution in [0.25, 0.3) is 5.69 Å². The van der Waals surface area contributed by atoms with E-state index in [0.717, 1.165) is 11.3 Å². The maximum atomic E-state index is 12.1. The number of hydrogen-bond donors (Lipinski definition) is 0. The van der Waals surface area contributed by atoms with Gasteiger partial charge in [0.05, 0.1) is 12.2 Å². The number of benzene rings is 1. The molecule has 19 heavy (non-hydrogen) atoms. The van der Waals surface area contributed by atoms with Crippen molar-refractivity contribution in [2.45, 2.75) is 20.4 Å². The fourth-order valence-corrected chi connectivity index (χ4v) is 1.82. The van der Waals surface area contributed by atoms with Gasteiger partial charge >= 0.3 is 11.1 Å². The van der Waals surface area contributed by atoms with E-state index >= 15 is 0 Å². The monoisotopic (exact) mass is 254 g/mol. The summed E-state index contributed by atoms with van der Waals surface area (Å²) in [5.74, 6) is 5.47. The van der Waals surface area contributed by atoms with Crippen molar-refractivity contribution >= 4 is 0 Å². The lowest BCUT2D eigenvalue weighted by molar-refractivity contribution is 0.743. The van der Waals surface area contributed by atoms with Crippen molar-refractivity contribution in [1.82, 2.24) is 9.13 Å². The summed E-state index contributed by atoms with van der Waals surface area (Å²) >= 11 is 0. The molecule has 1 aromatic carbocycles. The molecule has 4 heteroatoms. The third-order valence-electron chi connectivity index (χ3n) is 2.86. The van der Waals surface area contributed by atoms with E-state index in [0.29, 0.717) is 0 Å². The van der Waals surface area contributed by atoms with E-state index in [9.17, 15) is 9.59 Å². The van der Waals surface area contributed by atoms with E-state index in [1.807, 2.05) is 31.2 Å². The fraction of sp³-hybridized carbons (Fsp3) is 0.200. The second-order valence-electron chi connectivity index (χ2n) is 4.12. The Hall–Kier alpha value is -2.54. The van der Waals surface area contributed by atoms with Crippen LogP contribution in [-0.4, -0.2) is 9.13 Å². The lowest BCUT2D eigenvalue weighted by Gasteiger charge is -2.09. The van der Waals surface area contributed by atoms with E-state index in [4.69, 9.17) is 0 Å². The third-order valence-corrected chi connectivity index (χ3v) is 2.86. The van der Waals surface area contributed by atoms with E-state index < -0.39 is 11.1 Å². The maximum Gasteiger partial charge on any atom is 0.321 e. The van der Waals surface area contributed by atoms with Crippen molar-refractivity contribution in [1.29, 1.82) is 0 Å². The molecule has 0 aliphatic carbocycles. The second kappa shape index (κ2) is 5.40. The zero-order chi connectivity index (χ0) is 13.8. The molecular formula is C15H14N2O2. The van der Waals surface area contributed by atoms with Crippen molar-refractivity contribution in [3.63, 3.8) is 0 Å². The molecule has 4 nitrogen and oxygen atoms in total. The molecule has 96 valence electrons. The minimum Gasteiger partial charge on any atom is -0.298 e. The SMILES string of the molecule is CC#CCn1ccn(-c2ccccc2C)c(=O)c1=O. The molecule has 0 saturated carbocycles. The fourth-order valence-electron chi connectivity index (χ4n) is 1.82. The van der Waals surface area contributed by atoms with Gasteiger partial charge in [0.15, 0.2) is 0 Å². The predicted molar refractivity (Wildman–Crippen MR) is 74.5 cm³/mol. The van der Waals surface area contributed by atoms with Crippen molar-refractivity contribution in [3.05, 3.63) is 62.9 Å². The summed E-state index contributed by atoms with van der Waals surface area (Å²) in [6, 6.07) is 7.44. The number of hydrogen-bond acceptors (Lipinski definition) is 2. The maximum absolute atomic E-state index is 12.1. The van der Waals surface area contributed by atoms with Crippen molar-refractivity contribution in [2.75, 3.05) is 0 Å². The van der Waals surface area contributed by atoms with E-state index in [2.05, 4.69) is 11.8 Å². The first kappa shape index (κ1) is 12.9. The van der Waals surface area contributed by atoms with Crippen LogP contribution in [0.1, 0.15) is 12.5 Å². The minimum absolute atomic E-state index is 0.235. The number of nitrogens with zero attached hydrogens (tertiary/aromatic N) is 2. The Morgan fingerprint density at radius 3 is 2.53 bits per heavy atom. The molecule has 0 fully saturated rings. The van der Waals surface area contributed by atoms with Crippen molar-refractivity contribution in [2.24, 2.45) is 0 Å². The van der Waals surface area contributed by atoms with Crippen molar-refractivity contribution < 1.29 is 0 Å². The predicted octanol–water partition coefficient (Wildman–Crippen LogP) is 1.33. The normalized spacial score (nSPS) is 9.79. The van der Waals surface area contributed by atoms with Crippen LogP contribution in [0.2, 0.25) is 0 Å². The van der Waals surface area contributed by atoms with Gasteiger partial charge in [0.1, 0.15) is 0 Å². The van der Waals surface area contributed by atoms with Gasteiger partial charge in [0.25, 0.3) is 0 Å². The smallest absolute Gasteiger partial charge is 0.298 e. The van der Waals surface area contributed by atoms with Crippen molar-refractivity contribution in [3.8, 4) is 17.5 Å². The van der Waals surface area contributed by atoms with Gasteiger partial charge in [-0.25, -0.2) is 0 Å². The number of para-hydroxylation sites is 1. The average molecular weight is 254 g/mol. The van der Waals surface area contributed by atoms with Crippen LogP contribution in [-0.2, 0) is 6.54 Å². The Balaban J connectivity index is 2.59. The molecule has 0 bridgehead atoms. The number of aryl methyl sites for hydroxylation is 1. The number of rotatable bonds is 2. The van der Waals surface area contributed by atoms with Crippen LogP contribution in [0, 0.1) is 18.8 Å². The van der Waals surface area contributed by atoms with Crippen LogP contribution in [0.5, 0.6) is 0 Å². The molecule has 0 radical (unpaired) electrons. The molecule has 2 rings (SSSR count). The molecule has 0 spiro atoms. The van der Waals surface area contributed by atoms with E-state index in [1.54, 1.807) is 19.3 Å². The first-order chi connectivity index (χ1) is 9.15. The Kier molecular flexibility index (Phi) is 3.67. The summed E-state index contributed by atoms with van der Waals surface area (Å²) in [4.78, 5) is 24.0. The third kappa shape index (κ3) is 2.50. The van der Waals surface area contributed by atoms with E-state index in [1.165, 1.54) is 9.13 Å². The van der Waals surface area contributed by atoms with Crippen LogP contribution in [0.4, 0.5) is 0 Å². The summed E-state index contributed by atoms with van der Waals surface area (Å²) in [5.41, 5.74) is 0.539. The van der Waals surface area contributed by atoms with Crippen LogP contribution in [0.15, 0.2) is 46.2 Å². The molecule has 0 unspecified atom stereocenters. The quantitative estimate of drug-likeness (QED) is 0.599. The van der Waals surface area contributed by atoms with Gasteiger partial charge in [-0.1, -0.05) is 24.1 Å². The highest BCUT2D eigenvalue weighted by atomic mass is 16.2. The first-order valence-corrected chi connectivity index (χ1v) is 5.93. The lowest BCUT2D eigenvalue weighted by Crippen LogP contribution is -2.40. The molecule has 0 amide bonds. The molecule has 0 atom stereocenters. The summed E-state index contributed by atoms with van der Waals surface area (Å²) in [6.07, 6.45) is 3.18. The molecule has 2 aromatic rings. The van der Waals surface area contributed by atoms with Gasteiger partial charge in [-0.05, 0) is 25.5 Å². The highest BCUT2D eigenvalue weighted by molar-refractivity contribution is 5.39. The summed E-state index contributed by atoms with van der Waals surface area (Å²) in [6.45, 7) is 3.83. The molecule has 0 saturated heterocycles. The molecule has 0 N–H and O–H groups in total. The Bertz CT molecular complexity index is 773. The lowest BCUT2D eigenvalue weighted by atomic mass is 10.2. The van der Waals surface area contributed by atoms with Gasteiger partial charge in [-0.3, -0.25) is 18.7 Å². The van der Waals surface area contributed by atoms with Gasteiger partial charge < -0.3 is 0 Å². The summed E-state index contributed by atoms with van der Waals surface area (Å²) < 4.78 is 2.68. The second-order valence-corrected chi connectivity index (χ2v) is 4.12. The highest BCUT2D eigenvalue weighted by Crippen LogP contribution is 2.09. The average Bonchev–Trinajstić information content (AvgIpc) is 2.42. The first-order valence-electron chi connectivity index (χ1n) is 5.93. The van der Waals surface area contributed by atoms with Gasteiger partial charge in [0, 0.05) is 12.4 Å². The zero-order valence-electron chi connectivity index (χ0n) is 10.9. The topological polar surface area (TPSA) is 44.0 Å². The zero-order valence-corrected chi connectivity index (χ0v) is 10.9. The minimum atomic E-state index is -0.562. The van der Waals surface area contributed by atoms with Crippen LogP contribution in [0.3, 0.4) is 0 Å². The number of aromatic nitrogens is 2. The molecular weight excluding hydrogens is 240 g/mol. The van der Waals surface area contributed by atoms with Crippen LogP contribution >= 0.6 is 0 Å². The molecule has 1 aromatic heterocycles. The largest absolute Gasteiger partial charge is 0.321 e. The molecule has 0 aliphatic rings. The Morgan fingerprint density at radius 2 is 1.84 bits per heavy atom. The molecule has 0 aliphatic heterocycles. The highest BCUT2D eigenvalue weighted by Gasteiger charge is 2.07.